The van der Waals surface area contributed by atoms with Gasteiger partial charge in [0.05, 0.1) is 12.1 Å². The number of rotatable bonds is 5. The molecule has 0 spiro atoms. The first kappa shape index (κ1) is 14.9. The topological polar surface area (TPSA) is 50.4 Å². The SMILES string of the molecule is CCC(C)Oc1cccc(NC(=O)C2NCCC2C)c1. The molecule has 2 rings (SSSR count). The maximum atomic E-state index is 12.2. The van der Waals surface area contributed by atoms with Crippen LogP contribution in [0.3, 0.4) is 0 Å². The molecule has 0 aliphatic carbocycles. The number of anilines is 1. The van der Waals surface area contributed by atoms with Crippen LogP contribution in [0.2, 0.25) is 0 Å². The Hall–Kier alpha value is -1.55. The van der Waals surface area contributed by atoms with E-state index >= 15 is 0 Å². The zero-order valence-corrected chi connectivity index (χ0v) is 12.5. The Kier molecular flexibility index (Phi) is 5.01. The number of carbonyl (C=O) groups is 1. The van der Waals surface area contributed by atoms with Gasteiger partial charge in [0.15, 0.2) is 0 Å². The number of hydrogen-bond acceptors (Lipinski definition) is 3. The third kappa shape index (κ3) is 3.73. The van der Waals surface area contributed by atoms with Gasteiger partial charge in [-0.25, -0.2) is 0 Å². The van der Waals surface area contributed by atoms with Gasteiger partial charge in [-0.2, -0.15) is 0 Å². The van der Waals surface area contributed by atoms with Gasteiger partial charge in [-0.05, 0) is 44.4 Å². The van der Waals surface area contributed by atoms with Gasteiger partial charge in [0.25, 0.3) is 0 Å². The van der Waals surface area contributed by atoms with E-state index in [1.54, 1.807) is 0 Å². The van der Waals surface area contributed by atoms with Gasteiger partial charge in [0, 0.05) is 11.8 Å². The summed E-state index contributed by atoms with van der Waals surface area (Å²) in [7, 11) is 0. The Morgan fingerprint density at radius 2 is 2.35 bits per heavy atom. The third-order valence-electron chi connectivity index (χ3n) is 3.83. The van der Waals surface area contributed by atoms with Gasteiger partial charge in [0.1, 0.15) is 5.75 Å². The lowest BCUT2D eigenvalue weighted by Crippen LogP contribution is -2.39. The normalized spacial score (nSPS) is 23.4. The van der Waals surface area contributed by atoms with Crippen LogP contribution in [-0.4, -0.2) is 24.6 Å². The van der Waals surface area contributed by atoms with Crippen molar-refractivity contribution in [2.45, 2.75) is 45.8 Å². The number of carbonyl (C=O) groups excluding carboxylic acids is 1. The van der Waals surface area contributed by atoms with Gasteiger partial charge in [-0.1, -0.05) is 19.9 Å². The van der Waals surface area contributed by atoms with Crippen molar-refractivity contribution in [1.82, 2.24) is 5.32 Å². The minimum absolute atomic E-state index is 0.0377. The first-order valence-electron chi connectivity index (χ1n) is 7.41. The van der Waals surface area contributed by atoms with E-state index < -0.39 is 0 Å². The van der Waals surface area contributed by atoms with Gasteiger partial charge in [0.2, 0.25) is 5.91 Å². The highest BCUT2D eigenvalue weighted by atomic mass is 16.5. The molecule has 1 amide bonds. The summed E-state index contributed by atoms with van der Waals surface area (Å²) in [6.07, 6.45) is 2.19. The summed E-state index contributed by atoms with van der Waals surface area (Å²) in [6.45, 7) is 7.14. The Labute approximate surface area is 120 Å². The molecular weight excluding hydrogens is 252 g/mol. The molecule has 1 heterocycles. The Balaban J connectivity index is 1.98. The van der Waals surface area contributed by atoms with E-state index in [4.69, 9.17) is 4.74 Å². The molecule has 2 N–H and O–H groups in total. The summed E-state index contributed by atoms with van der Waals surface area (Å²) in [5, 5.41) is 6.20. The average molecular weight is 276 g/mol. The zero-order chi connectivity index (χ0) is 14.5. The van der Waals surface area contributed by atoms with Crippen molar-refractivity contribution < 1.29 is 9.53 Å². The summed E-state index contributed by atoms with van der Waals surface area (Å²) >= 11 is 0. The minimum Gasteiger partial charge on any atom is -0.491 e. The summed E-state index contributed by atoms with van der Waals surface area (Å²) < 4.78 is 5.77. The van der Waals surface area contributed by atoms with E-state index in [-0.39, 0.29) is 18.1 Å². The number of nitrogens with one attached hydrogen (secondary N) is 2. The fourth-order valence-corrected chi connectivity index (χ4v) is 2.37. The maximum absolute atomic E-state index is 12.2. The van der Waals surface area contributed by atoms with Crippen LogP contribution in [0, 0.1) is 5.92 Å². The van der Waals surface area contributed by atoms with Crippen molar-refractivity contribution in [2.75, 3.05) is 11.9 Å². The van der Waals surface area contributed by atoms with Crippen LogP contribution in [0.1, 0.15) is 33.6 Å². The Bertz CT molecular complexity index is 462. The molecule has 110 valence electrons. The highest BCUT2D eigenvalue weighted by Gasteiger charge is 2.29. The summed E-state index contributed by atoms with van der Waals surface area (Å²) in [6, 6.07) is 7.50. The van der Waals surface area contributed by atoms with Crippen LogP contribution in [0.5, 0.6) is 5.75 Å². The molecule has 1 fully saturated rings. The van der Waals surface area contributed by atoms with Crippen molar-refractivity contribution in [3.63, 3.8) is 0 Å². The van der Waals surface area contributed by atoms with Crippen LogP contribution < -0.4 is 15.4 Å². The van der Waals surface area contributed by atoms with Crippen LogP contribution in [0.15, 0.2) is 24.3 Å². The monoisotopic (exact) mass is 276 g/mol. The van der Waals surface area contributed by atoms with Crippen LogP contribution in [-0.2, 0) is 4.79 Å². The molecule has 1 aliphatic heterocycles. The second kappa shape index (κ2) is 6.75. The highest BCUT2D eigenvalue weighted by molar-refractivity contribution is 5.95. The molecule has 0 bridgehead atoms. The summed E-state index contributed by atoms with van der Waals surface area (Å²) in [5.41, 5.74) is 0.789. The molecule has 1 aromatic carbocycles. The standard InChI is InChI=1S/C16H24N2O2/c1-4-12(3)20-14-7-5-6-13(10-14)18-16(19)15-11(2)8-9-17-15/h5-7,10-12,15,17H,4,8-9H2,1-3H3,(H,18,19). The lowest BCUT2D eigenvalue weighted by atomic mass is 10.0. The fraction of sp³-hybridized carbons (Fsp3) is 0.562. The second-order valence-electron chi connectivity index (χ2n) is 5.55. The molecule has 1 aromatic rings. The number of ether oxygens (including phenoxy) is 1. The molecule has 4 heteroatoms. The predicted molar refractivity (Wildman–Crippen MR) is 81.0 cm³/mol. The molecular formula is C16H24N2O2. The first-order chi connectivity index (χ1) is 9.60. The van der Waals surface area contributed by atoms with E-state index in [2.05, 4.69) is 24.5 Å². The summed E-state index contributed by atoms with van der Waals surface area (Å²) in [5.74, 6) is 1.22. The van der Waals surface area contributed by atoms with Gasteiger partial charge >= 0.3 is 0 Å². The number of benzene rings is 1. The van der Waals surface area contributed by atoms with Crippen LogP contribution in [0.25, 0.3) is 0 Å². The Morgan fingerprint density at radius 1 is 1.55 bits per heavy atom. The first-order valence-corrected chi connectivity index (χ1v) is 7.41. The largest absolute Gasteiger partial charge is 0.491 e. The molecule has 0 radical (unpaired) electrons. The number of hydrogen-bond donors (Lipinski definition) is 2. The minimum atomic E-state index is -0.0888. The fourth-order valence-electron chi connectivity index (χ4n) is 2.37. The van der Waals surface area contributed by atoms with E-state index in [1.165, 1.54) is 0 Å². The zero-order valence-electron chi connectivity index (χ0n) is 12.5. The van der Waals surface area contributed by atoms with Crippen LogP contribution >= 0.6 is 0 Å². The maximum Gasteiger partial charge on any atom is 0.241 e. The smallest absolute Gasteiger partial charge is 0.241 e. The van der Waals surface area contributed by atoms with E-state index in [0.717, 1.165) is 30.8 Å². The van der Waals surface area contributed by atoms with E-state index in [1.807, 2.05) is 31.2 Å². The van der Waals surface area contributed by atoms with Crippen LogP contribution in [0.4, 0.5) is 5.69 Å². The van der Waals surface area contributed by atoms with Crippen molar-refractivity contribution in [2.24, 2.45) is 5.92 Å². The molecule has 0 aromatic heterocycles. The third-order valence-corrected chi connectivity index (χ3v) is 3.83. The number of amides is 1. The van der Waals surface area contributed by atoms with Crippen molar-refractivity contribution in [1.29, 1.82) is 0 Å². The molecule has 4 nitrogen and oxygen atoms in total. The quantitative estimate of drug-likeness (QED) is 0.869. The Morgan fingerprint density at radius 3 is 3.00 bits per heavy atom. The van der Waals surface area contributed by atoms with E-state index in [0.29, 0.717) is 5.92 Å². The van der Waals surface area contributed by atoms with E-state index in [9.17, 15) is 4.79 Å². The molecule has 3 atom stereocenters. The molecule has 1 aliphatic rings. The van der Waals surface area contributed by atoms with Gasteiger partial charge < -0.3 is 15.4 Å². The lowest BCUT2D eigenvalue weighted by Gasteiger charge is -2.17. The highest BCUT2D eigenvalue weighted by Crippen LogP contribution is 2.21. The van der Waals surface area contributed by atoms with Crippen molar-refractivity contribution >= 4 is 11.6 Å². The molecule has 20 heavy (non-hydrogen) atoms. The second-order valence-corrected chi connectivity index (χ2v) is 5.55. The lowest BCUT2D eigenvalue weighted by molar-refractivity contribution is -0.118. The van der Waals surface area contributed by atoms with Crippen molar-refractivity contribution in [3.8, 4) is 5.75 Å². The molecule has 3 unspecified atom stereocenters. The molecule has 1 saturated heterocycles. The molecule has 0 saturated carbocycles. The average Bonchev–Trinajstić information content (AvgIpc) is 2.85. The van der Waals surface area contributed by atoms with Gasteiger partial charge in [-0.15, -0.1) is 0 Å². The van der Waals surface area contributed by atoms with Crippen molar-refractivity contribution in [3.05, 3.63) is 24.3 Å². The summed E-state index contributed by atoms with van der Waals surface area (Å²) in [4.78, 5) is 12.2. The predicted octanol–water partition coefficient (Wildman–Crippen LogP) is 2.80. The van der Waals surface area contributed by atoms with Gasteiger partial charge in [-0.3, -0.25) is 4.79 Å².